The molecule has 1 aromatic heterocycles. The minimum atomic E-state index is -0.899. The average molecular weight is 291 g/mol. The Morgan fingerprint density at radius 2 is 2.10 bits per heavy atom. The molecule has 0 atom stereocenters. The van der Waals surface area contributed by atoms with E-state index in [1.54, 1.807) is 0 Å². The normalized spacial score (nSPS) is 10.0. The van der Waals surface area contributed by atoms with Gasteiger partial charge in [0.1, 0.15) is 5.82 Å². The number of anilines is 2. The first-order chi connectivity index (χ1) is 10.0. The number of nitrogens with zero attached hydrogens (tertiary/aromatic N) is 2. The van der Waals surface area contributed by atoms with Crippen molar-refractivity contribution in [1.29, 1.82) is 0 Å². The molecule has 4 N–H and O–H groups in total. The number of aromatic nitrogens is 1. The number of carbonyl (C=O) groups excluding carboxylic acids is 1. The topological polar surface area (TPSA) is 123 Å². The van der Waals surface area contributed by atoms with Crippen LogP contribution >= 0.6 is 0 Å². The number of nitro groups is 1. The molecule has 0 aliphatic rings. The molecule has 9 heteroatoms. The van der Waals surface area contributed by atoms with E-state index in [9.17, 15) is 19.3 Å². The molecule has 1 heterocycles. The van der Waals surface area contributed by atoms with Crippen molar-refractivity contribution in [3.05, 3.63) is 58.0 Å². The van der Waals surface area contributed by atoms with Crippen LogP contribution in [0.5, 0.6) is 0 Å². The van der Waals surface area contributed by atoms with Crippen LogP contribution in [0.2, 0.25) is 0 Å². The van der Waals surface area contributed by atoms with E-state index in [4.69, 9.17) is 5.84 Å². The molecule has 21 heavy (non-hydrogen) atoms. The highest BCUT2D eigenvalue weighted by Crippen LogP contribution is 2.21. The zero-order chi connectivity index (χ0) is 15.4. The molecule has 1 aromatic carbocycles. The summed E-state index contributed by atoms with van der Waals surface area (Å²) in [5.41, 5.74) is 1.92. The lowest BCUT2D eigenvalue weighted by atomic mass is 10.2. The van der Waals surface area contributed by atoms with Gasteiger partial charge in [-0.2, -0.15) is 0 Å². The van der Waals surface area contributed by atoms with Crippen molar-refractivity contribution in [2.75, 3.05) is 10.7 Å². The van der Waals surface area contributed by atoms with Crippen molar-refractivity contribution in [1.82, 2.24) is 4.98 Å². The fourth-order valence-electron chi connectivity index (χ4n) is 1.56. The zero-order valence-corrected chi connectivity index (χ0v) is 10.5. The number of nitrogen functional groups attached to an aromatic ring is 1. The summed E-state index contributed by atoms with van der Waals surface area (Å²) < 4.78 is 13.7. The van der Waals surface area contributed by atoms with Crippen LogP contribution in [-0.2, 0) is 0 Å². The molecule has 0 saturated heterocycles. The predicted molar refractivity (Wildman–Crippen MR) is 73.1 cm³/mol. The van der Waals surface area contributed by atoms with Crippen LogP contribution in [0.1, 0.15) is 10.4 Å². The number of halogens is 1. The SMILES string of the molecule is NNc1cc(C(=O)Nc2ccc([N+](=O)[O-])cc2F)ccn1. The summed E-state index contributed by atoms with van der Waals surface area (Å²) in [6.07, 6.45) is 1.36. The maximum atomic E-state index is 13.7. The maximum Gasteiger partial charge on any atom is 0.272 e. The summed E-state index contributed by atoms with van der Waals surface area (Å²) >= 11 is 0. The van der Waals surface area contributed by atoms with E-state index in [1.165, 1.54) is 18.3 Å². The third-order valence-corrected chi connectivity index (χ3v) is 2.58. The van der Waals surface area contributed by atoms with Gasteiger partial charge in [0.05, 0.1) is 16.7 Å². The lowest BCUT2D eigenvalue weighted by Gasteiger charge is -2.07. The van der Waals surface area contributed by atoms with E-state index >= 15 is 0 Å². The summed E-state index contributed by atoms with van der Waals surface area (Å²) in [7, 11) is 0. The highest BCUT2D eigenvalue weighted by atomic mass is 19.1. The fraction of sp³-hybridized carbons (Fsp3) is 0. The molecule has 1 amide bonds. The molecule has 0 saturated carbocycles. The maximum absolute atomic E-state index is 13.7. The third-order valence-electron chi connectivity index (χ3n) is 2.58. The van der Waals surface area contributed by atoms with E-state index in [0.717, 1.165) is 18.2 Å². The van der Waals surface area contributed by atoms with Gasteiger partial charge in [-0.1, -0.05) is 0 Å². The number of hydrogen-bond donors (Lipinski definition) is 3. The predicted octanol–water partition coefficient (Wildman–Crippen LogP) is 1.67. The number of pyridine rings is 1. The molecule has 0 aliphatic heterocycles. The second-order valence-corrected chi connectivity index (χ2v) is 3.95. The Kier molecular flexibility index (Phi) is 4.05. The number of hydrazine groups is 1. The van der Waals surface area contributed by atoms with Crippen molar-refractivity contribution in [3.63, 3.8) is 0 Å². The summed E-state index contributed by atoms with van der Waals surface area (Å²) in [5.74, 6) is 3.95. The third kappa shape index (κ3) is 3.28. The lowest BCUT2D eigenvalue weighted by molar-refractivity contribution is -0.385. The van der Waals surface area contributed by atoms with E-state index in [-0.39, 0.29) is 17.1 Å². The molecule has 0 fully saturated rings. The number of rotatable bonds is 4. The van der Waals surface area contributed by atoms with Gasteiger partial charge in [0.25, 0.3) is 11.6 Å². The van der Waals surface area contributed by atoms with Crippen LogP contribution in [0.3, 0.4) is 0 Å². The van der Waals surface area contributed by atoms with E-state index in [1.807, 2.05) is 0 Å². The second kappa shape index (κ2) is 5.92. The van der Waals surface area contributed by atoms with Gasteiger partial charge in [0.15, 0.2) is 5.82 Å². The average Bonchev–Trinajstić information content (AvgIpc) is 2.49. The molecule has 0 aliphatic carbocycles. The Hall–Kier alpha value is -3.07. The minimum Gasteiger partial charge on any atom is -0.319 e. The second-order valence-electron chi connectivity index (χ2n) is 3.95. The number of carbonyl (C=O) groups is 1. The van der Waals surface area contributed by atoms with Crippen molar-refractivity contribution in [2.24, 2.45) is 5.84 Å². The van der Waals surface area contributed by atoms with Gasteiger partial charge in [-0.3, -0.25) is 14.9 Å². The van der Waals surface area contributed by atoms with Crippen LogP contribution in [0.25, 0.3) is 0 Å². The Labute approximate surface area is 117 Å². The number of nitrogens with two attached hydrogens (primary N) is 1. The summed E-state index contributed by atoms with van der Waals surface area (Å²) in [4.78, 5) is 25.6. The molecule has 108 valence electrons. The molecule has 2 rings (SSSR count). The van der Waals surface area contributed by atoms with E-state index in [0.29, 0.717) is 0 Å². The van der Waals surface area contributed by atoms with E-state index < -0.39 is 22.3 Å². The molecule has 8 nitrogen and oxygen atoms in total. The van der Waals surface area contributed by atoms with Crippen molar-refractivity contribution in [3.8, 4) is 0 Å². The molecular formula is C12H10FN5O3. The number of benzene rings is 1. The molecule has 0 spiro atoms. The number of amides is 1. The molecule has 0 unspecified atom stereocenters. The van der Waals surface area contributed by atoms with Gasteiger partial charge < -0.3 is 10.7 Å². The van der Waals surface area contributed by atoms with E-state index in [2.05, 4.69) is 15.7 Å². The highest BCUT2D eigenvalue weighted by Gasteiger charge is 2.14. The number of non-ortho nitro benzene ring substituents is 1. The first-order valence-electron chi connectivity index (χ1n) is 5.69. The lowest BCUT2D eigenvalue weighted by Crippen LogP contribution is -2.15. The van der Waals surface area contributed by atoms with Gasteiger partial charge in [-0.15, -0.1) is 0 Å². The highest BCUT2D eigenvalue weighted by molar-refractivity contribution is 6.04. The fourth-order valence-corrected chi connectivity index (χ4v) is 1.56. The van der Waals surface area contributed by atoms with Crippen molar-refractivity contribution < 1.29 is 14.1 Å². The number of hydrogen-bond acceptors (Lipinski definition) is 6. The van der Waals surface area contributed by atoms with Crippen molar-refractivity contribution >= 4 is 23.1 Å². The van der Waals surface area contributed by atoms with Crippen LogP contribution < -0.4 is 16.6 Å². The molecule has 0 bridgehead atoms. The van der Waals surface area contributed by atoms with Crippen LogP contribution in [-0.4, -0.2) is 15.8 Å². The van der Waals surface area contributed by atoms with Gasteiger partial charge >= 0.3 is 0 Å². The minimum absolute atomic E-state index is 0.162. The largest absolute Gasteiger partial charge is 0.319 e. The van der Waals surface area contributed by atoms with Crippen LogP contribution in [0, 0.1) is 15.9 Å². The number of nitrogens with one attached hydrogen (secondary N) is 2. The van der Waals surface area contributed by atoms with Gasteiger partial charge in [0, 0.05) is 17.8 Å². The first kappa shape index (κ1) is 14.3. The standard InChI is InChI=1S/C12H10FN5O3/c13-9-6-8(18(20)21)1-2-10(9)16-12(19)7-3-4-15-11(5-7)17-14/h1-6H,14H2,(H,15,17)(H,16,19). The summed E-state index contributed by atoms with van der Waals surface area (Å²) in [6, 6.07) is 5.74. The van der Waals surface area contributed by atoms with Gasteiger partial charge in [0.2, 0.25) is 0 Å². The first-order valence-corrected chi connectivity index (χ1v) is 5.69. The smallest absolute Gasteiger partial charge is 0.272 e. The zero-order valence-electron chi connectivity index (χ0n) is 10.5. The van der Waals surface area contributed by atoms with Crippen LogP contribution in [0.15, 0.2) is 36.5 Å². The van der Waals surface area contributed by atoms with Crippen molar-refractivity contribution in [2.45, 2.75) is 0 Å². The Bertz CT molecular complexity index is 707. The van der Waals surface area contributed by atoms with Gasteiger partial charge in [-0.25, -0.2) is 15.2 Å². The Morgan fingerprint density at radius 1 is 1.33 bits per heavy atom. The molecule has 2 aromatic rings. The molecule has 0 radical (unpaired) electrons. The summed E-state index contributed by atoms with van der Waals surface area (Å²) in [6.45, 7) is 0. The Morgan fingerprint density at radius 3 is 2.71 bits per heavy atom. The van der Waals surface area contributed by atoms with Crippen LogP contribution in [0.4, 0.5) is 21.6 Å². The molecular weight excluding hydrogens is 281 g/mol. The number of nitro benzene ring substituents is 1. The quantitative estimate of drug-likeness (QED) is 0.447. The monoisotopic (exact) mass is 291 g/mol. The van der Waals surface area contributed by atoms with Gasteiger partial charge in [-0.05, 0) is 18.2 Å². The summed E-state index contributed by atoms with van der Waals surface area (Å²) in [5, 5.41) is 12.8. The Balaban J connectivity index is 2.21.